The molecule has 4 atom stereocenters. The van der Waals surface area contributed by atoms with Crippen molar-refractivity contribution in [2.75, 3.05) is 38.8 Å². The number of quaternary nitrogens is 1. The fourth-order valence-corrected chi connectivity index (χ4v) is 10.1. The van der Waals surface area contributed by atoms with E-state index in [0.717, 1.165) is 22.3 Å². The molecule has 0 saturated carbocycles. The van der Waals surface area contributed by atoms with Gasteiger partial charge in [-0.15, -0.1) is 23.1 Å². The van der Waals surface area contributed by atoms with Crippen molar-refractivity contribution in [1.29, 1.82) is 0 Å². The van der Waals surface area contributed by atoms with Gasteiger partial charge in [0.05, 0.1) is 21.2 Å². The number of anilines is 1. The van der Waals surface area contributed by atoms with Crippen LogP contribution in [0.1, 0.15) is 41.3 Å². The summed E-state index contributed by atoms with van der Waals surface area (Å²) < 4.78 is 11.3. The first kappa shape index (κ1) is 47.2. The highest BCUT2D eigenvalue weighted by Crippen LogP contribution is 2.44. The maximum absolute atomic E-state index is 14.3. The van der Waals surface area contributed by atoms with Crippen molar-refractivity contribution in [1.82, 2.24) is 15.2 Å². The number of β-lactam (4-membered cyclic amide) rings is 1. The van der Waals surface area contributed by atoms with Crippen LogP contribution in [0.5, 0.6) is 5.75 Å². The summed E-state index contributed by atoms with van der Waals surface area (Å²) in [4.78, 5) is 72.1. The number of rotatable bonds is 16. The van der Waals surface area contributed by atoms with Crippen LogP contribution in [0.15, 0.2) is 137 Å². The number of amides is 2. The van der Waals surface area contributed by atoms with Gasteiger partial charge in [-0.25, -0.2) is 14.6 Å². The zero-order valence-corrected chi connectivity index (χ0v) is 39.7. The first-order valence-electron chi connectivity index (χ1n) is 20.6. The normalized spacial score (nSPS) is 19.5. The molecule has 2 fully saturated rings. The van der Waals surface area contributed by atoms with Crippen LogP contribution in [0.2, 0.25) is 0 Å². The Morgan fingerprint density at radius 2 is 1.55 bits per heavy atom. The molecule has 4 heterocycles. The van der Waals surface area contributed by atoms with Crippen molar-refractivity contribution >= 4 is 57.7 Å². The zero-order valence-electron chi connectivity index (χ0n) is 35.9. The zero-order chi connectivity index (χ0) is 45.0. The van der Waals surface area contributed by atoms with Gasteiger partial charge in [0, 0.05) is 23.1 Å². The number of methoxy groups -OCH3 is 1. The Balaban J connectivity index is 0.00000630. The highest BCUT2D eigenvalue weighted by molar-refractivity contribution is 8.00. The number of aliphatic carboxylic acids is 1. The van der Waals surface area contributed by atoms with Crippen molar-refractivity contribution in [3.05, 3.63) is 160 Å². The molecule has 3 unspecified atom stereocenters. The number of halogens is 1. The number of oxime groups is 1. The van der Waals surface area contributed by atoms with E-state index in [0.29, 0.717) is 35.2 Å². The molecule has 3 N–H and O–H groups in total. The quantitative estimate of drug-likeness (QED) is 0.0251. The number of carbonyl (C=O) groups excluding carboxylic acids is 3. The third-order valence-corrected chi connectivity index (χ3v) is 13.3. The Bertz CT molecular complexity index is 2480. The number of nitrogens with one attached hydrogen (secondary N) is 2. The number of hydrogen-bond donors (Lipinski definition) is 3. The molecule has 4 aromatic carbocycles. The molecular weight excluding hydrogens is 984 g/mol. The van der Waals surface area contributed by atoms with Gasteiger partial charge in [0.15, 0.2) is 10.8 Å². The Morgan fingerprint density at radius 1 is 0.954 bits per heavy atom. The molecule has 18 heteroatoms. The predicted octanol–water partition coefficient (Wildman–Crippen LogP) is 2.93. The van der Waals surface area contributed by atoms with Gasteiger partial charge < -0.3 is 54.0 Å². The van der Waals surface area contributed by atoms with E-state index in [-0.39, 0.29) is 52.3 Å². The Labute approximate surface area is 401 Å². The van der Waals surface area contributed by atoms with E-state index in [1.165, 1.54) is 34.9 Å². The first-order chi connectivity index (χ1) is 30.9. The highest BCUT2D eigenvalue weighted by atomic mass is 127. The van der Waals surface area contributed by atoms with E-state index in [9.17, 15) is 24.3 Å². The minimum absolute atomic E-state index is 0. The average molecular weight is 1030 g/mol. The number of carboxylic acid groups (broad SMARTS) is 1. The van der Waals surface area contributed by atoms with Crippen LogP contribution in [-0.4, -0.2) is 106 Å². The first-order valence-corrected chi connectivity index (χ1v) is 22.5. The number of hydrogen-bond acceptors (Lipinski definition) is 13. The van der Waals surface area contributed by atoms with Crippen molar-refractivity contribution < 1.29 is 72.1 Å². The molecule has 2 saturated heterocycles. The van der Waals surface area contributed by atoms with E-state index in [2.05, 4.69) is 15.8 Å². The second-order valence-electron chi connectivity index (χ2n) is 15.9. The number of aromatic nitrogens is 1. The Hall–Kier alpha value is -5.80. The standard InChI is InChI=1S/C47H46N6O9S2.HI/c1-29(44(56)57)61-51-38(36-28-64-46(48-36)50-47(31-14-8-5-9-15-31,32-16-10-6-11-17-32)33-18-12-7-13-19-33)41(54)49-39-42(55)52-40(45(58)60-26-30-20-22-34(59-4)23-21-30)35(27-63-43(39)52)37-24-25-53(2,3)62-37;/h5-23,28-29,37,39,43H,24-27H2,1-4H3,(H2-,48,49,50,54,56,57);1H/b51-38-;/t29?,37-,39?,43?;/m0./s1. The van der Waals surface area contributed by atoms with Gasteiger partial charge in [-0.05, 0) is 41.3 Å². The summed E-state index contributed by atoms with van der Waals surface area (Å²) >= 11 is 2.60. The van der Waals surface area contributed by atoms with E-state index < -0.39 is 52.9 Å². The number of carbonyl (C=O) groups is 4. The topological polar surface area (TPSA) is 178 Å². The molecule has 1 aromatic heterocycles. The number of fused-ring (bicyclic) bond motifs is 1. The molecular formula is C47H47IN6O9S2. The molecule has 3 aliphatic rings. The lowest BCUT2D eigenvalue weighted by Crippen LogP contribution is -3.00. The van der Waals surface area contributed by atoms with E-state index in [1.54, 1.807) is 36.8 Å². The largest absolute Gasteiger partial charge is 1.00 e. The molecule has 0 spiro atoms. The van der Waals surface area contributed by atoms with Crippen LogP contribution in [0.25, 0.3) is 0 Å². The highest BCUT2D eigenvalue weighted by Gasteiger charge is 2.56. The molecule has 0 radical (unpaired) electrons. The lowest BCUT2D eigenvalue weighted by atomic mass is 9.77. The molecule has 5 aromatic rings. The molecule has 338 valence electrons. The minimum atomic E-state index is -1.41. The number of benzene rings is 4. The second-order valence-corrected chi connectivity index (χ2v) is 17.8. The van der Waals surface area contributed by atoms with Gasteiger partial charge in [-0.2, -0.15) is 9.48 Å². The average Bonchev–Trinajstić information content (AvgIpc) is 3.94. The Kier molecular flexibility index (Phi) is 14.6. The lowest BCUT2D eigenvalue weighted by molar-refractivity contribution is -1.06. The fraction of sp³-hybridized carbons (Fsp3) is 0.277. The van der Waals surface area contributed by atoms with Crippen molar-refractivity contribution in [3.63, 3.8) is 0 Å². The number of carboxylic acids is 1. The minimum Gasteiger partial charge on any atom is -1.00 e. The third-order valence-electron chi connectivity index (χ3n) is 11.3. The summed E-state index contributed by atoms with van der Waals surface area (Å²) in [6, 6.07) is 35.8. The van der Waals surface area contributed by atoms with E-state index in [1.807, 2.05) is 105 Å². The van der Waals surface area contributed by atoms with Gasteiger partial charge in [0.25, 0.3) is 11.8 Å². The van der Waals surface area contributed by atoms with E-state index in [4.69, 9.17) is 24.1 Å². The van der Waals surface area contributed by atoms with Crippen molar-refractivity contribution in [2.24, 2.45) is 5.16 Å². The van der Waals surface area contributed by atoms with Crippen LogP contribution in [0.4, 0.5) is 5.13 Å². The number of thiazole rings is 1. The lowest BCUT2D eigenvalue weighted by Gasteiger charge is -2.50. The van der Waals surface area contributed by atoms with Gasteiger partial charge in [0.2, 0.25) is 6.10 Å². The van der Waals surface area contributed by atoms with Crippen LogP contribution in [0.3, 0.4) is 0 Å². The molecule has 8 rings (SSSR count). The van der Waals surface area contributed by atoms with E-state index >= 15 is 0 Å². The summed E-state index contributed by atoms with van der Waals surface area (Å²) in [5.74, 6) is -2.35. The van der Waals surface area contributed by atoms with Gasteiger partial charge >= 0.3 is 11.9 Å². The molecule has 0 aliphatic carbocycles. The Morgan fingerprint density at radius 3 is 2.09 bits per heavy atom. The fourth-order valence-electron chi connectivity index (χ4n) is 7.91. The molecule has 65 heavy (non-hydrogen) atoms. The predicted molar refractivity (Wildman–Crippen MR) is 241 cm³/mol. The van der Waals surface area contributed by atoms with Crippen LogP contribution in [-0.2, 0) is 45.7 Å². The third kappa shape index (κ3) is 9.91. The number of nitrogens with zero attached hydrogens (tertiary/aromatic N) is 4. The van der Waals surface area contributed by atoms with Gasteiger partial charge in [-0.1, -0.05) is 108 Å². The molecule has 15 nitrogen and oxygen atoms in total. The molecule has 2 amide bonds. The summed E-state index contributed by atoms with van der Waals surface area (Å²) in [5.41, 5.74) is 3.04. The second kappa shape index (κ2) is 20.2. The summed E-state index contributed by atoms with van der Waals surface area (Å²) in [5, 5.41) is 21.5. The SMILES string of the molecule is COc1ccc(COC(=O)C2=C([C@@H]3CC[N+](C)(C)O3)CSC3C(NC(=O)/C(=N\OC(C)C(=O)O)c4csc(NC(c5ccccc5)(c5ccccc5)c5ccccc5)n4)C(=O)N23)cc1.[I-]. The van der Waals surface area contributed by atoms with Crippen LogP contribution >= 0.6 is 23.1 Å². The summed E-state index contributed by atoms with van der Waals surface area (Å²) in [6.07, 6.45) is -1.21. The van der Waals surface area contributed by atoms with Crippen LogP contribution < -0.4 is 39.3 Å². The number of ether oxygens (including phenoxy) is 2. The van der Waals surface area contributed by atoms with Crippen LogP contribution in [0, 0.1) is 0 Å². The van der Waals surface area contributed by atoms with Gasteiger partial charge in [0.1, 0.15) is 53.4 Å². The van der Waals surface area contributed by atoms with Crippen molar-refractivity contribution in [3.8, 4) is 5.75 Å². The monoisotopic (exact) mass is 1030 g/mol. The smallest absolute Gasteiger partial charge is 0.355 e. The number of thioether (sulfide) groups is 1. The summed E-state index contributed by atoms with van der Waals surface area (Å²) in [7, 11) is 5.42. The molecule has 3 aliphatic heterocycles. The number of esters is 1. The molecule has 0 bridgehead atoms. The van der Waals surface area contributed by atoms with Gasteiger partial charge in [-0.3, -0.25) is 14.5 Å². The summed E-state index contributed by atoms with van der Waals surface area (Å²) in [6.45, 7) is 1.94. The maximum atomic E-state index is 14.3. The maximum Gasteiger partial charge on any atom is 0.355 e. The number of hydroxylamine groups is 3. The van der Waals surface area contributed by atoms with Crippen molar-refractivity contribution in [2.45, 2.75) is 49.1 Å².